The Morgan fingerprint density at radius 2 is 2.33 bits per heavy atom. The van der Waals surface area contributed by atoms with E-state index in [1.807, 2.05) is 0 Å². The number of hydrogen-bond acceptors (Lipinski definition) is 3. The molecule has 0 aromatic rings. The van der Waals surface area contributed by atoms with Crippen molar-refractivity contribution in [2.75, 3.05) is 0 Å². The molecule has 3 atom stereocenters. The molecule has 0 radical (unpaired) electrons. The summed E-state index contributed by atoms with van der Waals surface area (Å²) in [6, 6.07) is 0.895. The van der Waals surface area contributed by atoms with E-state index in [0.717, 1.165) is 5.92 Å². The van der Waals surface area contributed by atoms with Crippen LogP contribution >= 0.6 is 0 Å². The Morgan fingerprint density at radius 1 is 1.60 bits per heavy atom. The smallest absolute Gasteiger partial charge is 0.140 e. The van der Waals surface area contributed by atoms with E-state index >= 15 is 0 Å². The maximum absolute atomic E-state index is 8.47. The van der Waals surface area contributed by atoms with Crippen molar-refractivity contribution in [3.05, 3.63) is 0 Å². The van der Waals surface area contributed by atoms with Gasteiger partial charge in [-0.2, -0.15) is 0 Å². The van der Waals surface area contributed by atoms with Gasteiger partial charge in [-0.25, -0.2) is 0 Å². The van der Waals surface area contributed by atoms with Gasteiger partial charge in [0.05, 0.1) is 0 Å². The Hall–Kier alpha value is -0.770. The highest BCUT2D eigenvalue weighted by Crippen LogP contribution is 2.23. The van der Waals surface area contributed by atoms with Gasteiger partial charge in [-0.15, -0.1) is 0 Å². The number of oxime groups is 1. The fraction of sp³-hybridized carbons (Fsp3) is 0.909. The molecule has 1 fully saturated rings. The van der Waals surface area contributed by atoms with E-state index < -0.39 is 0 Å². The van der Waals surface area contributed by atoms with Gasteiger partial charge in [0.25, 0.3) is 0 Å². The minimum atomic E-state index is 0.288. The molecule has 15 heavy (non-hydrogen) atoms. The van der Waals surface area contributed by atoms with E-state index in [4.69, 9.17) is 10.9 Å². The van der Waals surface area contributed by atoms with Crippen molar-refractivity contribution >= 4 is 5.84 Å². The van der Waals surface area contributed by atoms with Gasteiger partial charge in [0.2, 0.25) is 0 Å². The Kier molecular flexibility index (Phi) is 4.88. The molecule has 1 saturated carbocycles. The van der Waals surface area contributed by atoms with E-state index in [2.05, 4.69) is 24.3 Å². The van der Waals surface area contributed by atoms with Crippen molar-refractivity contribution in [3.63, 3.8) is 0 Å². The Labute approximate surface area is 91.9 Å². The quantitative estimate of drug-likeness (QED) is 0.288. The molecule has 0 aromatic carbocycles. The first-order valence-corrected chi connectivity index (χ1v) is 5.84. The van der Waals surface area contributed by atoms with Crippen molar-refractivity contribution in [2.45, 2.75) is 58.0 Å². The highest BCUT2D eigenvalue weighted by Gasteiger charge is 2.20. The SMILES string of the molecule is CC1CCCC(NC(C)CC(N)=NO)C1. The van der Waals surface area contributed by atoms with Crippen LogP contribution in [0.25, 0.3) is 0 Å². The van der Waals surface area contributed by atoms with Crippen molar-refractivity contribution in [1.29, 1.82) is 0 Å². The number of nitrogens with zero attached hydrogens (tertiary/aromatic N) is 1. The zero-order valence-electron chi connectivity index (χ0n) is 9.74. The molecule has 88 valence electrons. The molecule has 0 saturated heterocycles. The zero-order chi connectivity index (χ0) is 11.3. The minimum Gasteiger partial charge on any atom is -0.409 e. The number of hydrogen-bond donors (Lipinski definition) is 3. The normalized spacial score (nSPS) is 30.1. The fourth-order valence-corrected chi connectivity index (χ4v) is 2.40. The highest BCUT2D eigenvalue weighted by atomic mass is 16.4. The molecule has 1 rings (SSSR count). The van der Waals surface area contributed by atoms with Crippen LogP contribution in [0.5, 0.6) is 0 Å². The second-order valence-corrected chi connectivity index (χ2v) is 4.83. The lowest BCUT2D eigenvalue weighted by Gasteiger charge is -2.30. The third-order valence-corrected chi connectivity index (χ3v) is 3.10. The molecule has 0 amide bonds. The van der Waals surface area contributed by atoms with E-state index in [1.165, 1.54) is 25.7 Å². The summed E-state index contributed by atoms with van der Waals surface area (Å²) in [6.07, 6.45) is 5.79. The van der Waals surface area contributed by atoms with Crippen LogP contribution in [0.3, 0.4) is 0 Å². The van der Waals surface area contributed by atoms with Gasteiger partial charge in [-0.1, -0.05) is 24.9 Å². The van der Waals surface area contributed by atoms with Crippen LogP contribution in [-0.4, -0.2) is 23.1 Å². The van der Waals surface area contributed by atoms with Crippen LogP contribution in [0.15, 0.2) is 5.16 Å². The van der Waals surface area contributed by atoms with E-state index in [-0.39, 0.29) is 6.04 Å². The molecule has 0 aromatic heterocycles. The monoisotopic (exact) mass is 213 g/mol. The van der Waals surface area contributed by atoms with Gasteiger partial charge in [0, 0.05) is 18.5 Å². The number of nitrogens with one attached hydrogen (secondary N) is 1. The molecule has 4 nitrogen and oxygen atoms in total. The van der Waals surface area contributed by atoms with Crippen molar-refractivity contribution in [3.8, 4) is 0 Å². The van der Waals surface area contributed by atoms with Gasteiger partial charge < -0.3 is 16.3 Å². The topological polar surface area (TPSA) is 70.6 Å². The average molecular weight is 213 g/mol. The van der Waals surface area contributed by atoms with Crippen molar-refractivity contribution < 1.29 is 5.21 Å². The molecule has 0 bridgehead atoms. The largest absolute Gasteiger partial charge is 0.409 e. The van der Waals surface area contributed by atoms with Gasteiger partial charge in [0.1, 0.15) is 5.84 Å². The average Bonchev–Trinajstić information content (AvgIpc) is 2.17. The van der Waals surface area contributed by atoms with Crippen molar-refractivity contribution in [2.24, 2.45) is 16.8 Å². The number of amidine groups is 1. The lowest BCUT2D eigenvalue weighted by molar-refractivity contribution is 0.283. The first-order chi connectivity index (χ1) is 7.11. The second-order valence-electron chi connectivity index (χ2n) is 4.83. The Morgan fingerprint density at radius 3 is 2.93 bits per heavy atom. The first kappa shape index (κ1) is 12.3. The minimum absolute atomic E-state index is 0.288. The fourth-order valence-electron chi connectivity index (χ4n) is 2.40. The zero-order valence-corrected chi connectivity index (χ0v) is 9.74. The number of rotatable bonds is 4. The van der Waals surface area contributed by atoms with Crippen LogP contribution in [0, 0.1) is 5.92 Å². The van der Waals surface area contributed by atoms with E-state index in [9.17, 15) is 0 Å². The molecule has 0 heterocycles. The van der Waals surface area contributed by atoms with Crippen LogP contribution in [0.2, 0.25) is 0 Å². The van der Waals surface area contributed by atoms with Crippen LogP contribution in [0.4, 0.5) is 0 Å². The summed E-state index contributed by atoms with van der Waals surface area (Å²) >= 11 is 0. The van der Waals surface area contributed by atoms with Crippen molar-refractivity contribution in [1.82, 2.24) is 5.32 Å². The van der Waals surface area contributed by atoms with Gasteiger partial charge in [-0.05, 0) is 25.7 Å². The van der Waals surface area contributed by atoms with Gasteiger partial charge in [0.15, 0.2) is 0 Å². The molecular formula is C11H23N3O. The van der Waals surface area contributed by atoms with E-state index in [0.29, 0.717) is 18.3 Å². The predicted octanol–water partition coefficient (Wildman–Crippen LogP) is 1.68. The maximum Gasteiger partial charge on any atom is 0.140 e. The van der Waals surface area contributed by atoms with Gasteiger partial charge >= 0.3 is 0 Å². The second kappa shape index (κ2) is 5.95. The summed E-state index contributed by atoms with van der Waals surface area (Å²) in [5, 5.41) is 15.0. The summed E-state index contributed by atoms with van der Waals surface area (Å²) in [4.78, 5) is 0. The highest BCUT2D eigenvalue weighted by molar-refractivity contribution is 5.80. The Bertz CT molecular complexity index is 218. The Balaban J connectivity index is 2.27. The molecular weight excluding hydrogens is 190 g/mol. The van der Waals surface area contributed by atoms with Crippen LogP contribution in [0.1, 0.15) is 46.0 Å². The standard InChI is InChI=1S/C11H23N3O/c1-8-4-3-5-10(6-8)13-9(2)7-11(12)14-15/h8-10,13,15H,3-7H2,1-2H3,(H2,12,14). The lowest BCUT2D eigenvalue weighted by Crippen LogP contribution is -2.41. The summed E-state index contributed by atoms with van der Waals surface area (Å²) < 4.78 is 0. The summed E-state index contributed by atoms with van der Waals surface area (Å²) in [5.41, 5.74) is 5.47. The molecule has 0 aliphatic heterocycles. The van der Waals surface area contributed by atoms with Gasteiger partial charge in [-0.3, -0.25) is 0 Å². The number of nitrogens with two attached hydrogens (primary N) is 1. The van der Waals surface area contributed by atoms with Crippen LogP contribution in [-0.2, 0) is 0 Å². The molecule has 3 unspecified atom stereocenters. The predicted molar refractivity (Wildman–Crippen MR) is 62.0 cm³/mol. The summed E-state index contributed by atoms with van der Waals surface area (Å²) in [6.45, 7) is 4.39. The van der Waals surface area contributed by atoms with E-state index in [1.54, 1.807) is 0 Å². The maximum atomic E-state index is 8.47. The summed E-state index contributed by atoms with van der Waals surface area (Å²) in [5.74, 6) is 1.13. The third-order valence-electron chi connectivity index (χ3n) is 3.10. The third kappa shape index (κ3) is 4.51. The van der Waals surface area contributed by atoms with Crippen LogP contribution < -0.4 is 11.1 Å². The molecule has 1 aliphatic carbocycles. The lowest BCUT2D eigenvalue weighted by atomic mass is 9.86. The molecule has 1 aliphatic rings. The molecule has 4 heteroatoms. The summed E-state index contributed by atoms with van der Waals surface area (Å²) in [7, 11) is 0. The first-order valence-electron chi connectivity index (χ1n) is 5.84. The molecule has 4 N–H and O–H groups in total. The molecule has 0 spiro atoms.